The first-order valence-electron chi connectivity index (χ1n) is 5.97. The highest BCUT2D eigenvalue weighted by Crippen LogP contribution is 2.16. The number of rotatable bonds is 4. The van der Waals surface area contributed by atoms with Gasteiger partial charge in [0.15, 0.2) is 0 Å². The molecule has 0 bridgehead atoms. The zero-order valence-electron chi connectivity index (χ0n) is 10.1. The van der Waals surface area contributed by atoms with Crippen LogP contribution in [0.5, 0.6) is 0 Å². The van der Waals surface area contributed by atoms with Crippen molar-refractivity contribution < 1.29 is 0 Å². The Morgan fingerprint density at radius 2 is 1.94 bits per heavy atom. The third kappa shape index (κ3) is 3.40. The molecule has 17 heavy (non-hydrogen) atoms. The molecule has 0 spiro atoms. The molecular formula is C15H18N2. The molecule has 0 amide bonds. The van der Waals surface area contributed by atoms with Crippen LogP contribution in [-0.4, -0.2) is 4.98 Å². The Morgan fingerprint density at radius 1 is 1.18 bits per heavy atom. The third-order valence-corrected chi connectivity index (χ3v) is 2.97. The van der Waals surface area contributed by atoms with Crippen LogP contribution in [-0.2, 0) is 6.42 Å². The van der Waals surface area contributed by atoms with Crippen LogP contribution in [0.3, 0.4) is 0 Å². The molecule has 0 aliphatic rings. The van der Waals surface area contributed by atoms with Gasteiger partial charge < -0.3 is 5.73 Å². The standard InChI is InChI=1S/C15H18N2/c1-12-4-7-14(8-5-12)15(16)9-6-13-3-2-10-17-11-13/h2-5,7-8,10-11,15H,6,9,16H2,1H3. The van der Waals surface area contributed by atoms with Crippen molar-refractivity contribution in [3.63, 3.8) is 0 Å². The number of pyridine rings is 1. The van der Waals surface area contributed by atoms with Crippen molar-refractivity contribution in [3.8, 4) is 0 Å². The molecule has 2 heteroatoms. The number of aryl methyl sites for hydroxylation is 2. The number of benzene rings is 1. The lowest BCUT2D eigenvalue weighted by atomic mass is 10.00. The maximum atomic E-state index is 6.17. The summed E-state index contributed by atoms with van der Waals surface area (Å²) in [5, 5.41) is 0. The summed E-state index contributed by atoms with van der Waals surface area (Å²) >= 11 is 0. The lowest BCUT2D eigenvalue weighted by Crippen LogP contribution is -2.11. The zero-order chi connectivity index (χ0) is 12.1. The van der Waals surface area contributed by atoms with Crippen LogP contribution in [0.15, 0.2) is 48.8 Å². The van der Waals surface area contributed by atoms with Gasteiger partial charge in [0, 0.05) is 18.4 Å². The lowest BCUT2D eigenvalue weighted by Gasteiger charge is -2.12. The summed E-state index contributed by atoms with van der Waals surface area (Å²) in [4.78, 5) is 4.11. The van der Waals surface area contributed by atoms with Crippen molar-refractivity contribution in [3.05, 3.63) is 65.5 Å². The Kier molecular flexibility index (Phi) is 3.89. The van der Waals surface area contributed by atoms with Gasteiger partial charge in [-0.15, -0.1) is 0 Å². The van der Waals surface area contributed by atoms with Crippen molar-refractivity contribution in [1.82, 2.24) is 4.98 Å². The molecule has 0 saturated heterocycles. The van der Waals surface area contributed by atoms with E-state index in [4.69, 9.17) is 5.73 Å². The van der Waals surface area contributed by atoms with Gasteiger partial charge in [-0.25, -0.2) is 0 Å². The molecule has 0 aliphatic carbocycles. The highest BCUT2D eigenvalue weighted by Gasteiger charge is 2.05. The molecule has 1 aromatic heterocycles. The Labute approximate surface area is 103 Å². The molecule has 2 nitrogen and oxygen atoms in total. The van der Waals surface area contributed by atoms with Crippen LogP contribution in [0.4, 0.5) is 0 Å². The van der Waals surface area contributed by atoms with Gasteiger partial charge in [-0.2, -0.15) is 0 Å². The smallest absolute Gasteiger partial charge is 0.0299 e. The van der Waals surface area contributed by atoms with Crippen LogP contribution in [0.25, 0.3) is 0 Å². The van der Waals surface area contributed by atoms with E-state index >= 15 is 0 Å². The molecule has 88 valence electrons. The molecule has 0 fully saturated rings. The number of nitrogens with zero attached hydrogens (tertiary/aromatic N) is 1. The highest BCUT2D eigenvalue weighted by atomic mass is 14.6. The van der Waals surface area contributed by atoms with Gasteiger partial charge in [0.05, 0.1) is 0 Å². The van der Waals surface area contributed by atoms with Crippen molar-refractivity contribution >= 4 is 0 Å². The average molecular weight is 226 g/mol. The van der Waals surface area contributed by atoms with E-state index < -0.39 is 0 Å². The zero-order valence-corrected chi connectivity index (χ0v) is 10.1. The SMILES string of the molecule is Cc1ccc(C(N)CCc2cccnc2)cc1. The Hall–Kier alpha value is -1.67. The number of aromatic nitrogens is 1. The minimum Gasteiger partial charge on any atom is -0.324 e. The van der Waals surface area contributed by atoms with Crippen LogP contribution < -0.4 is 5.73 Å². The van der Waals surface area contributed by atoms with Crippen molar-refractivity contribution in [2.75, 3.05) is 0 Å². The van der Waals surface area contributed by atoms with Gasteiger partial charge in [-0.3, -0.25) is 4.98 Å². The number of hydrogen-bond donors (Lipinski definition) is 1. The summed E-state index contributed by atoms with van der Waals surface area (Å²) < 4.78 is 0. The van der Waals surface area contributed by atoms with Crippen LogP contribution >= 0.6 is 0 Å². The van der Waals surface area contributed by atoms with Crippen molar-refractivity contribution in [2.45, 2.75) is 25.8 Å². The van der Waals surface area contributed by atoms with Crippen molar-refractivity contribution in [1.29, 1.82) is 0 Å². The summed E-state index contributed by atoms with van der Waals surface area (Å²) in [6.07, 6.45) is 5.63. The molecule has 2 N–H and O–H groups in total. The molecule has 0 saturated carbocycles. The molecule has 1 heterocycles. The van der Waals surface area contributed by atoms with Gasteiger partial charge in [-0.05, 0) is 37.0 Å². The monoisotopic (exact) mass is 226 g/mol. The van der Waals surface area contributed by atoms with Crippen LogP contribution in [0.2, 0.25) is 0 Å². The molecular weight excluding hydrogens is 208 g/mol. The first-order chi connectivity index (χ1) is 8.25. The fourth-order valence-electron chi connectivity index (χ4n) is 1.85. The van der Waals surface area contributed by atoms with E-state index in [9.17, 15) is 0 Å². The quantitative estimate of drug-likeness (QED) is 0.870. The lowest BCUT2D eigenvalue weighted by molar-refractivity contribution is 0.650. The molecule has 1 unspecified atom stereocenters. The topological polar surface area (TPSA) is 38.9 Å². The predicted molar refractivity (Wildman–Crippen MR) is 70.7 cm³/mol. The average Bonchev–Trinajstić information content (AvgIpc) is 2.38. The second-order valence-electron chi connectivity index (χ2n) is 4.42. The molecule has 1 atom stereocenters. The van der Waals surface area contributed by atoms with Crippen molar-refractivity contribution in [2.24, 2.45) is 5.73 Å². The summed E-state index contributed by atoms with van der Waals surface area (Å²) in [6.45, 7) is 2.09. The Balaban J connectivity index is 1.93. The molecule has 1 aromatic carbocycles. The first-order valence-corrected chi connectivity index (χ1v) is 5.97. The van der Waals surface area contributed by atoms with Gasteiger partial charge >= 0.3 is 0 Å². The van der Waals surface area contributed by atoms with Gasteiger partial charge in [0.1, 0.15) is 0 Å². The van der Waals surface area contributed by atoms with E-state index in [0.29, 0.717) is 0 Å². The number of nitrogens with two attached hydrogens (primary N) is 1. The second-order valence-corrected chi connectivity index (χ2v) is 4.42. The summed E-state index contributed by atoms with van der Waals surface area (Å²) in [7, 11) is 0. The van der Waals surface area contributed by atoms with E-state index in [1.165, 1.54) is 16.7 Å². The van der Waals surface area contributed by atoms with E-state index in [2.05, 4.69) is 42.2 Å². The molecule has 2 aromatic rings. The van der Waals surface area contributed by atoms with E-state index in [-0.39, 0.29) is 6.04 Å². The van der Waals surface area contributed by atoms with E-state index in [1.54, 1.807) is 6.20 Å². The number of hydrogen-bond acceptors (Lipinski definition) is 2. The maximum absolute atomic E-state index is 6.17. The van der Waals surface area contributed by atoms with Crippen LogP contribution in [0, 0.1) is 6.92 Å². The molecule has 0 radical (unpaired) electrons. The normalized spacial score (nSPS) is 12.4. The highest BCUT2D eigenvalue weighted by molar-refractivity contribution is 5.24. The minimum absolute atomic E-state index is 0.107. The summed E-state index contributed by atoms with van der Waals surface area (Å²) in [5.41, 5.74) is 9.90. The van der Waals surface area contributed by atoms with Gasteiger partial charge in [0.2, 0.25) is 0 Å². The fraction of sp³-hybridized carbons (Fsp3) is 0.267. The van der Waals surface area contributed by atoms with E-state index in [1.807, 2.05) is 12.3 Å². The minimum atomic E-state index is 0.107. The van der Waals surface area contributed by atoms with Gasteiger partial charge in [0.25, 0.3) is 0 Å². The first kappa shape index (κ1) is 11.8. The maximum Gasteiger partial charge on any atom is 0.0299 e. The summed E-state index contributed by atoms with van der Waals surface area (Å²) in [5.74, 6) is 0. The Bertz CT molecular complexity index is 448. The predicted octanol–water partition coefficient (Wildman–Crippen LogP) is 3.02. The molecule has 0 aliphatic heterocycles. The Morgan fingerprint density at radius 3 is 2.59 bits per heavy atom. The van der Waals surface area contributed by atoms with Gasteiger partial charge in [-0.1, -0.05) is 35.9 Å². The fourth-order valence-corrected chi connectivity index (χ4v) is 1.85. The molecule has 2 rings (SSSR count). The largest absolute Gasteiger partial charge is 0.324 e. The van der Waals surface area contributed by atoms with E-state index in [0.717, 1.165) is 12.8 Å². The third-order valence-electron chi connectivity index (χ3n) is 2.97. The summed E-state index contributed by atoms with van der Waals surface area (Å²) in [6, 6.07) is 12.6. The second kappa shape index (κ2) is 5.60. The van der Waals surface area contributed by atoms with Crippen LogP contribution in [0.1, 0.15) is 29.2 Å².